The first kappa shape index (κ1) is 13.9. The number of benzene rings is 1. The van der Waals surface area contributed by atoms with Gasteiger partial charge in [0.1, 0.15) is 11.9 Å². The second-order valence-electron chi connectivity index (χ2n) is 4.69. The van der Waals surface area contributed by atoms with Crippen molar-refractivity contribution in [1.82, 2.24) is 5.32 Å². The monoisotopic (exact) mass is 263 g/mol. The van der Waals surface area contributed by atoms with Crippen molar-refractivity contribution in [1.29, 1.82) is 0 Å². The molecule has 104 valence electrons. The number of ether oxygens (including phenoxy) is 2. The van der Waals surface area contributed by atoms with Crippen LogP contribution in [0.3, 0.4) is 0 Å². The van der Waals surface area contributed by atoms with Crippen molar-refractivity contribution in [2.24, 2.45) is 0 Å². The molecule has 1 N–H and O–H groups in total. The van der Waals surface area contributed by atoms with Crippen molar-refractivity contribution >= 4 is 5.91 Å². The maximum absolute atomic E-state index is 12.0. The average Bonchev–Trinajstić information content (AvgIpc) is 2.62. The lowest BCUT2D eigenvalue weighted by atomic mass is 10.0. The van der Waals surface area contributed by atoms with Gasteiger partial charge in [0, 0.05) is 12.2 Å². The van der Waals surface area contributed by atoms with Crippen LogP contribution in [0.25, 0.3) is 0 Å². The van der Waals surface area contributed by atoms with Crippen LogP contribution in [-0.2, 0) is 9.53 Å². The van der Waals surface area contributed by atoms with Crippen LogP contribution in [-0.4, -0.2) is 25.2 Å². The molecular weight excluding hydrogens is 242 g/mol. The molecule has 0 aliphatic carbocycles. The van der Waals surface area contributed by atoms with Gasteiger partial charge in [-0.25, -0.2) is 0 Å². The van der Waals surface area contributed by atoms with E-state index in [2.05, 4.69) is 5.32 Å². The molecule has 0 spiro atoms. The van der Waals surface area contributed by atoms with E-state index >= 15 is 0 Å². The molecule has 1 amide bonds. The van der Waals surface area contributed by atoms with Gasteiger partial charge in [0.15, 0.2) is 0 Å². The summed E-state index contributed by atoms with van der Waals surface area (Å²) in [6, 6.07) is 7.89. The van der Waals surface area contributed by atoms with Crippen LogP contribution in [0.15, 0.2) is 24.3 Å². The Labute approximate surface area is 114 Å². The summed E-state index contributed by atoms with van der Waals surface area (Å²) in [6.45, 7) is 4.90. The third kappa shape index (κ3) is 3.47. The van der Waals surface area contributed by atoms with E-state index in [9.17, 15) is 4.79 Å². The summed E-state index contributed by atoms with van der Waals surface area (Å²) in [5.41, 5.74) is 1.05. The number of nitrogens with one attached hydrogen (secondary N) is 1. The number of amides is 1. The summed E-state index contributed by atoms with van der Waals surface area (Å²) in [4.78, 5) is 12.0. The van der Waals surface area contributed by atoms with Gasteiger partial charge in [0.2, 0.25) is 5.91 Å². The molecule has 0 bridgehead atoms. The lowest BCUT2D eigenvalue weighted by Gasteiger charge is -2.20. The van der Waals surface area contributed by atoms with Crippen LogP contribution < -0.4 is 10.1 Å². The predicted octanol–water partition coefficient (Wildman–Crippen LogP) is 2.44. The number of rotatable bonds is 4. The Morgan fingerprint density at radius 2 is 2.32 bits per heavy atom. The Kier molecular flexibility index (Phi) is 4.80. The summed E-state index contributed by atoms with van der Waals surface area (Å²) in [5, 5.41) is 3.06. The van der Waals surface area contributed by atoms with E-state index in [0.717, 1.165) is 24.2 Å². The molecule has 19 heavy (non-hydrogen) atoms. The molecule has 1 aromatic carbocycles. The highest BCUT2D eigenvalue weighted by Crippen LogP contribution is 2.31. The minimum absolute atomic E-state index is 0.00843. The highest BCUT2D eigenvalue weighted by molar-refractivity contribution is 5.80. The van der Waals surface area contributed by atoms with Crippen LogP contribution in [0, 0.1) is 0 Å². The smallest absolute Gasteiger partial charge is 0.249 e. The lowest BCUT2D eigenvalue weighted by Crippen LogP contribution is -2.37. The van der Waals surface area contributed by atoms with Crippen molar-refractivity contribution in [2.75, 3.05) is 13.2 Å². The summed E-state index contributed by atoms with van der Waals surface area (Å²) in [7, 11) is 0. The topological polar surface area (TPSA) is 47.6 Å². The van der Waals surface area contributed by atoms with E-state index in [1.807, 2.05) is 31.2 Å². The Balaban J connectivity index is 2.09. The Morgan fingerprint density at radius 1 is 1.53 bits per heavy atom. The molecule has 0 saturated heterocycles. The highest BCUT2D eigenvalue weighted by Gasteiger charge is 2.23. The standard InChI is InChI=1S/C15H21NO3/c1-3-18-11(2)15(17)16-13-8-6-10-19-14-9-5-4-7-12(13)14/h4-5,7,9,11,13H,3,6,8,10H2,1-2H3,(H,16,17)/t11-,13-/m0/s1. The fourth-order valence-corrected chi connectivity index (χ4v) is 2.29. The molecule has 2 atom stereocenters. The highest BCUT2D eigenvalue weighted by atomic mass is 16.5. The summed E-state index contributed by atoms with van der Waals surface area (Å²) >= 11 is 0. The van der Waals surface area contributed by atoms with Crippen molar-refractivity contribution in [3.63, 3.8) is 0 Å². The molecule has 0 fully saturated rings. The van der Waals surface area contributed by atoms with E-state index in [4.69, 9.17) is 9.47 Å². The number of hydrogen-bond acceptors (Lipinski definition) is 3. The maximum Gasteiger partial charge on any atom is 0.249 e. The average molecular weight is 263 g/mol. The van der Waals surface area contributed by atoms with E-state index in [0.29, 0.717) is 13.2 Å². The van der Waals surface area contributed by atoms with Crippen molar-refractivity contribution in [3.8, 4) is 5.75 Å². The number of hydrogen-bond donors (Lipinski definition) is 1. The molecule has 4 heteroatoms. The van der Waals surface area contributed by atoms with Gasteiger partial charge in [-0.15, -0.1) is 0 Å². The van der Waals surface area contributed by atoms with E-state index < -0.39 is 6.10 Å². The normalized spacial score (nSPS) is 19.8. The first-order valence-electron chi connectivity index (χ1n) is 6.86. The fraction of sp³-hybridized carbons (Fsp3) is 0.533. The number of fused-ring (bicyclic) bond motifs is 1. The van der Waals surface area contributed by atoms with Crippen LogP contribution in [0.1, 0.15) is 38.3 Å². The van der Waals surface area contributed by atoms with Crippen LogP contribution in [0.4, 0.5) is 0 Å². The SMILES string of the molecule is CCO[C@@H](C)C(=O)N[C@H]1CCCOc2ccccc21. The van der Waals surface area contributed by atoms with Crippen LogP contribution in [0.5, 0.6) is 5.75 Å². The molecular formula is C15H21NO3. The van der Waals surface area contributed by atoms with Crippen molar-refractivity contribution in [2.45, 2.75) is 38.8 Å². The summed E-state index contributed by atoms with van der Waals surface area (Å²) in [5.74, 6) is 0.804. The maximum atomic E-state index is 12.0. The van der Waals surface area contributed by atoms with Gasteiger partial charge in [-0.1, -0.05) is 18.2 Å². The number of para-hydroxylation sites is 1. The molecule has 0 radical (unpaired) electrons. The number of carbonyl (C=O) groups excluding carboxylic acids is 1. The van der Waals surface area contributed by atoms with Gasteiger partial charge < -0.3 is 14.8 Å². The Hall–Kier alpha value is -1.55. The van der Waals surface area contributed by atoms with Gasteiger partial charge in [0.25, 0.3) is 0 Å². The largest absolute Gasteiger partial charge is 0.493 e. The zero-order chi connectivity index (χ0) is 13.7. The Bertz CT molecular complexity index is 433. The van der Waals surface area contributed by atoms with Crippen molar-refractivity contribution in [3.05, 3.63) is 29.8 Å². The summed E-state index contributed by atoms with van der Waals surface area (Å²) < 4.78 is 11.0. The second-order valence-corrected chi connectivity index (χ2v) is 4.69. The molecule has 1 aliphatic rings. The quantitative estimate of drug-likeness (QED) is 0.907. The van der Waals surface area contributed by atoms with E-state index in [1.54, 1.807) is 6.92 Å². The van der Waals surface area contributed by atoms with Crippen LogP contribution in [0.2, 0.25) is 0 Å². The molecule has 1 aromatic rings. The first-order chi connectivity index (χ1) is 9.22. The molecule has 0 unspecified atom stereocenters. The van der Waals surface area contributed by atoms with E-state index in [-0.39, 0.29) is 11.9 Å². The zero-order valence-electron chi connectivity index (χ0n) is 11.5. The first-order valence-corrected chi connectivity index (χ1v) is 6.86. The van der Waals surface area contributed by atoms with Gasteiger partial charge in [-0.05, 0) is 32.8 Å². The lowest BCUT2D eigenvalue weighted by molar-refractivity contribution is -0.132. The van der Waals surface area contributed by atoms with Gasteiger partial charge >= 0.3 is 0 Å². The van der Waals surface area contributed by atoms with Gasteiger partial charge in [-0.2, -0.15) is 0 Å². The molecule has 0 saturated carbocycles. The van der Waals surface area contributed by atoms with E-state index in [1.165, 1.54) is 0 Å². The minimum Gasteiger partial charge on any atom is -0.493 e. The molecule has 4 nitrogen and oxygen atoms in total. The molecule has 1 aliphatic heterocycles. The van der Waals surface area contributed by atoms with Crippen molar-refractivity contribution < 1.29 is 14.3 Å². The minimum atomic E-state index is -0.415. The Morgan fingerprint density at radius 3 is 3.11 bits per heavy atom. The molecule has 2 rings (SSSR count). The second kappa shape index (κ2) is 6.57. The third-order valence-electron chi connectivity index (χ3n) is 3.29. The fourth-order valence-electron chi connectivity index (χ4n) is 2.29. The zero-order valence-corrected chi connectivity index (χ0v) is 11.5. The summed E-state index contributed by atoms with van der Waals surface area (Å²) in [6.07, 6.45) is 1.41. The van der Waals surface area contributed by atoms with Gasteiger partial charge in [-0.3, -0.25) is 4.79 Å². The van der Waals surface area contributed by atoms with Crippen LogP contribution >= 0.6 is 0 Å². The molecule has 1 heterocycles. The molecule has 0 aromatic heterocycles. The van der Waals surface area contributed by atoms with Gasteiger partial charge in [0.05, 0.1) is 12.6 Å². The third-order valence-corrected chi connectivity index (χ3v) is 3.29. The predicted molar refractivity (Wildman–Crippen MR) is 73.1 cm³/mol. The number of carbonyl (C=O) groups is 1.